The third-order valence-corrected chi connectivity index (χ3v) is 4.39. The maximum absolute atomic E-state index is 14.8. The predicted molar refractivity (Wildman–Crippen MR) is 102 cm³/mol. The Morgan fingerprint density at radius 2 is 2.11 bits per heavy atom. The summed E-state index contributed by atoms with van der Waals surface area (Å²) in [4.78, 5) is 24.3. The molecular formula is C19H19ClFN3O4. The molecule has 1 atom stereocenters. The molecule has 0 saturated carbocycles. The van der Waals surface area contributed by atoms with Crippen LogP contribution in [0.3, 0.4) is 0 Å². The maximum atomic E-state index is 14.8. The number of H-pyrrole nitrogens is 1. The van der Waals surface area contributed by atoms with Crippen molar-refractivity contribution < 1.29 is 23.4 Å². The standard InChI is InChI=1S/C19H19ClFN3O4/c1-5-27-10(3)28-19(25)15-13-9(2)8-22-18(13)24-17(23-15)11-6-7-12(20)16(26-4)14(11)21/h6-8,10H,5H2,1-4H3,(H,22,23,24). The summed E-state index contributed by atoms with van der Waals surface area (Å²) in [6.07, 6.45) is 0.933. The molecule has 9 heteroatoms. The molecule has 0 aliphatic heterocycles. The van der Waals surface area contributed by atoms with Crippen LogP contribution in [0.4, 0.5) is 4.39 Å². The van der Waals surface area contributed by atoms with Crippen LogP contribution in [0.15, 0.2) is 18.3 Å². The summed E-state index contributed by atoms with van der Waals surface area (Å²) in [6.45, 7) is 5.58. The third kappa shape index (κ3) is 3.65. The number of nitrogens with zero attached hydrogens (tertiary/aromatic N) is 2. The molecule has 0 aliphatic carbocycles. The molecule has 0 spiro atoms. The fourth-order valence-corrected chi connectivity index (χ4v) is 3.05. The summed E-state index contributed by atoms with van der Waals surface area (Å²) in [5, 5.41) is 0.615. The van der Waals surface area contributed by atoms with Crippen molar-refractivity contribution in [2.24, 2.45) is 0 Å². The number of carbonyl (C=O) groups excluding carboxylic acids is 1. The second kappa shape index (κ2) is 8.12. The average Bonchev–Trinajstić information content (AvgIpc) is 3.02. The van der Waals surface area contributed by atoms with Crippen LogP contribution in [-0.4, -0.2) is 40.9 Å². The Morgan fingerprint density at radius 3 is 2.79 bits per heavy atom. The van der Waals surface area contributed by atoms with Crippen LogP contribution in [-0.2, 0) is 9.47 Å². The zero-order chi connectivity index (χ0) is 20.4. The van der Waals surface area contributed by atoms with E-state index in [1.54, 1.807) is 27.0 Å². The van der Waals surface area contributed by atoms with E-state index in [0.29, 0.717) is 17.6 Å². The van der Waals surface area contributed by atoms with E-state index in [1.165, 1.54) is 19.2 Å². The minimum Gasteiger partial charge on any atom is -0.492 e. The number of rotatable bonds is 6. The molecule has 0 bridgehead atoms. The van der Waals surface area contributed by atoms with Crippen molar-refractivity contribution in [2.45, 2.75) is 27.1 Å². The van der Waals surface area contributed by atoms with E-state index >= 15 is 0 Å². The van der Waals surface area contributed by atoms with Gasteiger partial charge in [-0.2, -0.15) is 0 Å². The number of methoxy groups -OCH3 is 1. The topological polar surface area (TPSA) is 86.3 Å². The number of ether oxygens (including phenoxy) is 3. The van der Waals surface area contributed by atoms with E-state index in [0.717, 1.165) is 5.56 Å². The van der Waals surface area contributed by atoms with E-state index < -0.39 is 18.1 Å². The predicted octanol–water partition coefficient (Wildman–Crippen LogP) is 4.27. The van der Waals surface area contributed by atoms with Crippen molar-refractivity contribution in [1.82, 2.24) is 15.0 Å². The van der Waals surface area contributed by atoms with Gasteiger partial charge in [0.2, 0.25) is 6.29 Å². The highest BCUT2D eigenvalue weighted by Gasteiger charge is 2.24. The summed E-state index contributed by atoms with van der Waals surface area (Å²) in [5.41, 5.74) is 1.19. The highest BCUT2D eigenvalue weighted by atomic mass is 35.5. The van der Waals surface area contributed by atoms with E-state index in [-0.39, 0.29) is 27.9 Å². The van der Waals surface area contributed by atoms with Gasteiger partial charge in [-0.15, -0.1) is 0 Å². The number of hydrogen-bond donors (Lipinski definition) is 1. The first-order valence-electron chi connectivity index (χ1n) is 8.58. The molecule has 2 heterocycles. The van der Waals surface area contributed by atoms with Gasteiger partial charge in [-0.25, -0.2) is 19.2 Å². The number of fused-ring (bicyclic) bond motifs is 1. The first kappa shape index (κ1) is 20.0. The average molecular weight is 408 g/mol. The van der Waals surface area contributed by atoms with Crippen molar-refractivity contribution in [1.29, 1.82) is 0 Å². The first-order chi connectivity index (χ1) is 13.4. The van der Waals surface area contributed by atoms with Crippen molar-refractivity contribution in [3.63, 3.8) is 0 Å². The Morgan fingerprint density at radius 1 is 1.36 bits per heavy atom. The number of aromatic amines is 1. The van der Waals surface area contributed by atoms with Crippen molar-refractivity contribution in [3.8, 4) is 17.1 Å². The highest BCUT2D eigenvalue weighted by Crippen LogP contribution is 2.34. The largest absolute Gasteiger partial charge is 0.492 e. The van der Waals surface area contributed by atoms with Gasteiger partial charge < -0.3 is 19.2 Å². The van der Waals surface area contributed by atoms with Gasteiger partial charge in [0, 0.05) is 12.8 Å². The number of esters is 1. The Balaban J connectivity index is 2.15. The van der Waals surface area contributed by atoms with E-state index in [4.69, 9.17) is 25.8 Å². The van der Waals surface area contributed by atoms with E-state index in [1.807, 2.05) is 0 Å². The van der Waals surface area contributed by atoms with Crippen molar-refractivity contribution in [2.75, 3.05) is 13.7 Å². The molecule has 0 amide bonds. The lowest BCUT2D eigenvalue weighted by Gasteiger charge is -2.14. The Hall–Kier alpha value is -2.71. The smallest absolute Gasteiger partial charge is 0.360 e. The quantitative estimate of drug-likeness (QED) is 0.485. The van der Waals surface area contributed by atoms with Gasteiger partial charge in [-0.3, -0.25) is 0 Å². The molecule has 3 rings (SSSR count). The lowest BCUT2D eigenvalue weighted by atomic mass is 10.1. The van der Waals surface area contributed by atoms with Gasteiger partial charge in [0.1, 0.15) is 5.65 Å². The second-order valence-corrected chi connectivity index (χ2v) is 6.37. The Kier molecular flexibility index (Phi) is 5.81. The molecule has 1 unspecified atom stereocenters. The lowest BCUT2D eigenvalue weighted by Crippen LogP contribution is -2.19. The zero-order valence-corrected chi connectivity index (χ0v) is 16.6. The fraction of sp³-hybridized carbons (Fsp3) is 0.316. The SMILES string of the molecule is CCOC(C)OC(=O)c1nc(-c2ccc(Cl)c(OC)c2F)nc2[nH]cc(C)c12. The van der Waals surface area contributed by atoms with E-state index in [2.05, 4.69) is 15.0 Å². The summed E-state index contributed by atoms with van der Waals surface area (Å²) in [5.74, 6) is -1.55. The summed E-state index contributed by atoms with van der Waals surface area (Å²) in [7, 11) is 1.31. The molecule has 148 valence electrons. The minimum atomic E-state index is -0.752. The minimum absolute atomic E-state index is 0.00201. The Labute approximate surface area is 165 Å². The Bertz CT molecular complexity index is 1040. The molecule has 2 aromatic heterocycles. The van der Waals surface area contributed by atoms with Crippen LogP contribution >= 0.6 is 11.6 Å². The van der Waals surface area contributed by atoms with Crippen LogP contribution in [0.1, 0.15) is 29.9 Å². The lowest BCUT2D eigenvalue weighted by molar-refractivity contribution is -0.0942. The number of carbonyl (C=O) groups is 1. The summed E-state index contributed by atoms with van der Waals surface area (Å²) in [6, 6.07) is 2.90. The molecule has 0 aliphatic rings. The zero-order valence-electron chi connectivity index (χ0n) is 15.8. The van der Waals surface area contributed by atoms with Gasteiger partial charge >= 0.3 is 5.97 Å². The normalized spacial score (nSPS) is 12.2. The van der Waals surface area contributed by atoms with Gasteiger partial charge in [0.05, 0.1) is 23.1 Å². The highest BCUT2D eigenvalue weighted by molar-refractivity contribution is 6.32. The molecule has 0 saturated heterocycles. The number of nitrogens with one attached hydrogen (secondary N) is 1. The molecule has 7 nitrogen and oxygen atoms in total. The molecule has 3 aromatic rings. The molecule has 0 fully saturated rings. The number of hydrogen-bond acceptors (Lipinski definition) is 6. The number of aromatic nitrogens is 3. The number of benzene rings is 1. The molecular weight excluding hydrogens is 389 g/mol. The molecule has 0 radical (unpaired) electrons. The van der Waals surface area contributed by atoms with Crippen molar-refractivity contribution in [3.05, 3.63) is 40.4 Å². The third-order valence-electron chi connectivity index (χ3n) is 4.09. The van der Waals surface area contributed by atoms with Crippen LogP contribution in [0.5, 0.6) is 5.75 Å². The monoisotopic (exact) mass is 407 g/mol. The number of halogens is 2. The second-order valence-electron chi connectivity index (χ2n) is 5.96. The van der Waals surface area contributed by atoms with Gasteiger partial charge in [0.15, 0.2) is 23.1 Å². The first-order valence-corrected chi connectivity index (χ1v) is 8.95. The molecule has 1 aromatic carbocycles. The van der Waals surface area contributed by atoms with Gasteiger partial charge in [-0.05, 0) is 38.5 Å². The van der Waals surface area contributed by atoms with Gasteiger partial charge in [-0.1, -0.05) is 11.6 Å². The van der Waals surface area contributed by atoms with Crippen LogP contribution in [0.25, 0.3) is 22.4 Å². The van der Waals surface area contributed by atoms with E-state index in [9.17, 15) is 9.18 Å². The molecule has 1 N–H and O–H groups in total. The van der Waals surface area contributed by atoms with Crippen LogP contribution in [0.2, 0.25) is 5.02 Å². The number of aryl methyl sites for hydroxylation is 1. The van der Waals surface area contributed by atoms with Crippen molar-refractivity contribution >= 4 is 28.6 Å². The van der Waals surface area contributed by atoms with Gasteiger partial charge in [0.25, 0.3) is 0 Å². The van der Waals surface area contributed by atoms with Crippen LogP contribution < -0.4 is 4.74 Å². The fourth-order valence-electron chi connectivity index (χ4n) is 2.82. The maximum Gasteiger partial charge on any atom is 0.360 e. The molecule has 28 heavy (non-hydrogen) atoms. The van der Waals surface area contributed by atoms with Crippen LogP contribution in [0, 0.1) is 12.7 Å². The summed E-state index contributed by atoms with van der Waals surface area (Å²) >= 11 is 5.96. The summed E-state index contributed by atoms with van der Waals surface area (Å²) < 4.78 is 30.4.